The van der Waals surface area contributed by atoms with Gasteiger partial charge in [-0.1, -0.05) is 54.1 Å². The van der Waals surface area contributed by atoms with E-state index in [1.54, 1.807) is 9.25 Å². The van der Waals surface area contributed by atoms with Crippen LogP contribution in [0.3, 0.4) is 0 Å². The summed E-state index contributed by atoms with van der Waals surface area (Å²) in [5.74, 6) is 0.995. The van der Waals surface area contributed by atoms with Crippen molar-refractivity contribution in [2.75, 3.05) is 13.1 Å². The summed E-state index contributed by atoms with van der Waals surface area (Å²) < 4.78 is 3.32. The lowest BCUT2D eigenvalue weighted by molar-refractivity contribution is 0.179. The van der Waals surface area contributed by atoms with Crippen LogP contribution in [0.4, 0.5) is 4.79 Å². The van der Waals surface area contributed by atoms with E-state index in [0.29, 0.717) is 37.7 Å². The van der Waals surface area contributed by atoms with E-state index in [1.807, 2.05) is 66.4 Å². The number of benzene rings is 2. The molecule has 1 fully saturated rings. The number of piperidine rings is 1. The van der Waals surface area contributed by atoms with Gasteiger partial charge in [0.2, 0.25) is 0 Å². The van der Waals surface area contributed by atoms with E-state index >= 15 is 0 Å². The number of amides is 2. The van der Waals surface area contributed by atoms with Gasteiger partial charge in [-0.3, -0.25) is 4.57 Å². The molecule has 1 aliphatic heterocycles. The zero-order chi connectivity index (χ0) is 22.5. The van der Waals surface area contributed by atoms with Crippen LogP contribution >= 0.6 is 11.6 Å². The highest BCUT2D eigenvalue weighted by atomic mass is 35.5. The third-order valence-electron chi connectivity index (χ3n) is 5.95. The summed E-state index contributed by atoms with van der Waals surface area (Å²) in [5.41, 5.74) is 1.98. The molecule has 0 saturated carbocycles. The summed E-state index contributed by atoms with van der Waals surface area (Å²) in [5, 5.41) is 8.34. The van der Waals surface area contributed by atoms with Crippen LogP contribution in [-0.2, 0) is 19.6 Å². The normalized spacial score (nSPS) is 14.5. The van der Waals surface area contributed by atoms with Crippen molar-refractivity contribution < 1.29 is 4.79 Å². The second kappa shape index (κ2) is 10.0. The van der Waals surface area contributed by atoms with Crippen LogP contribution in [-0.4, -0.2) is 38.4 Å². The lowest BCUT2D eigenvalue weighted by atomic mass is 9.96. The molecular weight excluding hydrogens is 426 g/mol. The Morgan fingerprint density at radius 2 is 1.75 bits per heavy atom. The quantitative estimate of drug-likeness (QED) is 0.616. The molecule has 0 atom stereocenters. The molecule has 0 bridgehead atoms. The fourth-order valence-corrected chi connectivity index (χ4v) is 4.27. The molecule has 1 aromatic heterocycles. The number of nitrogens with one attached hydrogen (secondary N) is 1. The molecule has 0 aliphatic carbocycles. The van der Waals surface area contributed by atoms with Crippen molar-refractivity contribution in [1.29, 1.82) is 0 Å². The smallest absolute Gasteiger partial charge is 0.334 e. The Kier molecular flexibility index (Phi) is 6.95. The standard InChI is InChI=1S/C24H28ClN5O2/c1-2-29-22(27-30(24(29)32)17-19-6-4-3-5-7-19)20-12-14-28(15-13-20)23(31)26-16-18-8-10-21(25)11-9-18/h3-11,20H,2,12-17H2,1H3,(H,26,31). The van der Waals surface area contributed by atoms with Gasteiger partial charge in [-0.25, -0.2) is 14.3 Å². The fraction of sp³-hybridized carbons (Fsp3) is 0.375. The SMILES string of the molecule is CCn1c(C2CCN(C(=O)NCc3ccc(Cl)cc3)CC2)nn(Cc2ccccc2)c1=O. The molecule has 1 N–H and O–H groups in total. The number of hydrogen-bond donors (Lipinski definition) is 1. The van der Waals surface area contributed by atoms with Crippen molar-refractivity contribution >= 4 is 17.6 Å². The van der Waals surface area contributed by atoms with Gasteiger partial charge in [0.25, 0.3) is 0 Å². The Morgan fingerprint density at radius 3 is 2.41 bits per heavy atom. The van der Waals surface area contributed by atoms with Gasteiger partial charge in [0.15, 0.2) is 0 Å². The Hall–Kier alpha value is -3.06. The van der Waals surface area contributed by atoms with Gasteiger partial charge in [0, 0.05) is 37.1 Å². The molecule has 2 amide bonds. The molecule has 0 unspecified atom stereocenters. The van der Waals surface area contributed by atoms with Crippen LogP contribution in [0.2, 0.25) is 5.02 Å². The summed E-state index contributed by atoms with van der Waals surface area (Å²) in [6.45, 7) is 4.77. The van der Waals surface area contributed by atoms with Crippen molar-refractivity contribution in [3.63, 3.8) is 0 Å². The zero-order valence-electron chi connectivity index (χ0n) is 18.2. The maximum Gasteiger partial charge on any atom is 0.346 e. The molecule has 8 heteroatoms. The van der Waals surface area contributed by atoms with Crippen LogP contribution in [0, 0.1) is 0 Å². The maximum atomic E-state index is 12.9. The monoisotopic (exact) mass is 453 g/mol. The summed E-state index contributed by atoms with van der Waals surface area (Å²) >= 11 is 5.91. The first-order chi connectivity index (χ1) is 15.5. The van der Waals surface area contributed by atoms with Gasteiger partial charge in [0.1, 0.15) is 5.82 Å². The molecule has 3 aromatic rings. The number of halogens is 1. The number of carbonyl (C=O) groups is 1. The fourth-order valence-electron chi connectivity index (χ4n) is 4.15. The van der Waals surface area contributed by atoms with Crippen molar-refractivity contribution in [2.45, 2.75) is 45.3 Å². The van der Waals surface area contributed by atoms with Crippen molar-refractivity contribution in [2.24, 2.45) is 0 Å². The highest BCUT2D eigenvalue weighted by Gasteiger charge is 2.28. The first kappa shape index (κ1) is 22.1. The third-order valence-corrected chi connectivity index (χ3v) is 6.20. The first-order valence-corrected chi connectivity index (χ1v) is 11.4. The third kappa shape index (κ3) is 5.05. The Labute approximate surface area is 192 Å². The minimum atomic E-state index is -0.0745. The van der Waals surface area contributed by atoms with E-state index in [-0.39, 0.29) is 17.6 Å². The van der Waals surface area contributed by atoms with Crippen LogP contribution in [0.25, 0.3) is 0 Å². The van der Waals surface area contributed by atoms with Crippen LogP contribution in [0.5, 0.6) is 0 Å². The van der Waals surface area contributed by atoms with E-state index in [9.17, 15) is 9.59 Å². The molecular formula is C24H28ClN5O2. The highest BCUT2D eigenvalue weighted by Crippen LogP contribution is 2.26. The molecule has 1 aliphatic rings. The largest absolute Gasteiger partial charge is 0.346 e. The van der Waals surface area contributed by atoms with E-state index in [2.05, 4.69) is 10.4 Å². The van der Waals surface area contributed by atoms with Gasteiger partial charge in [-0.05, 0) is 43.0 Å². The molecule has 0 spiro atoms. The Morgan fingerprint density at radius 1 is 1.06 bits per heavy atom. The zero-order valence-corrected chi connectivity index (χ0v) is 19.0. The predicted octanol–water partition coefficient (Wildman–Crippen LogP) is 3.86. The second-order valence-electron chi connectivity index (χ2n) is 8.07. The van der Waals surface area contributed by atoms with Crippen molar-refractivity contribution in [3.05, 3.63) is 87.1 Å². The lowest BCUT2D eigenvalue weighted by Gasteiger charge is -2.31. The molecule has 32 heavy (non-hydrogen) atoms. The second-order valence-corrected chi connectivity index (χ2v) is 8.51. The Balaban J connectivity index is 1.37. The lowest BCUT2D eigenvalue weighted by Crippen LogP contribution is -2.44. The summed E-state index contributed by atoms with van der Waals surface area (Å²) in [7, 11) is 0. The number of carbonyl (C=O) groups excluding carboxylic acids is 1. The number of aromatic nitrogens is 3. The van der Waals surface area contributed by atoms with Crippen LogP contribution in [0.1, 0.15) is 42.6 Å². The van der Waals surface area contributed by atoms with E-state index in [4.69, 9.17) is 11.6 Å². The summed E-state index contributed by atoms with van der Waals surface area (Å²) in [6.07, 6.45) is 1.58. The van der Waals surface area contributed by atoms with Gasteiger partial charge in [-0.15, -0.1) is 0 Å². The summed E-state index contributed by atoms with van der Waals surface area (Å²) in [6, 6.07) is 17.3. The molecule has 4 rings (SSSR count). The number of urea groups is 1. The molecule has 168 valence electrons. The van der Waals surface area contributed by atoms with Crippen LogP contribution in [0.15, 0.2) is 59.4 Å². The average molecular weight is 454 g/mol. The summed E-state index contributed by atoms with van der Waals surface area (Å²) in [4.78, 5) is 27.3. The van der Waals surface area contributed by atoms with E-state index in [0.717, 1.165) is 29.8 Å². The molecule has 0 radical (unpaired) electrons. The van der Waals surface area contributed by atoms with Gasteiger partial charge < -0.3 is 10.2 Å². The minimum absolute atomic E-state index is 0.0686. The maximum absolute atomic E-state index is 12.9. The molecule has 1 saturated heterocycles. The van der Waals surface area contributed by atoms with Gasteiger partial charge in [-0.2, -0.15) is 5.10 Å². The van der Waals surface area contributed by atoms with E-state index < -0.39 is 0 Å². The predicted molar refractivity (Wildman–Crippen MR) is 125 cm³/mol. The molecule has 2 heterocycles. The number of hydrogen-bond acceptors (Lipinski definition) is 3. The minimum Gasteiger partial charge on any atom is -0.334 e. The number of likely N-dealkylation sites (tertiary alicyclic amines) is 1. The molecule has 2 aromatic carbocycles. The van der Waals surface area contributed by atoms with Crippen molar-refractivity contribution in [1.82, 2.24) is 24.6 Å². The van der Waals surface area contributed by atoms with Gasteiger partial charge in [0.05, 0.1) is 6.54 Å². The average Bonchev–Trinajstić information content (AvgIpc) is 3.14. The molecule has 7 nitrogen and oxygen atoms in total. The number of nitrogens with zero attached hydrogens (tertiary/aromatic N) is 4. The Bertz CT molecular complexity index is 1100. The van der Waals surface area contributed by atoms with E-state index in [1.165, 1.54) is 0 Å². The highest BCUT2D eigenvalue weighted by molar-refractivity contribution is 6.30. The van der Waals surface area contributed by atoms with Crippen LogP contribution < -0.4 is 11.0 Å². The number of rotatable bonds is 6. The van der Waals surface area contributed by atoms with Gasteiger partial charge >= 0.3 is 11.7 Å². The van der Waals surface area contributed by atoms with Crippen molar-refractivity contribution in [3.8, 4) is 0 Å². The first-order valence-electron chi connectivity index (χ1n) is 11.0. The topological polar surface area (TPSA) is 72.2 Å².